The number of cyclic esters (lactones) is 4. The number of amides is 2. The molecule has 0 unspecified atom stereocenters. The van der Waals surface area contributed by atoms with Crippen LogP contribution in [0.2, 0.25) is 25.2 Å². The molecule has 143 heavy (non-hydrogen) atoms. The average molecular weight is 2140 g/mol. The Labute approximate surface area is 935 Å². The van der Waals surface area contributed by atoms with Crippen LogP contribution < -0.4 is 131 Å². The summed E-state index contributed by atoms with van der Waals surface area (Å²) in [5.74, 6) is -3.51. The molecule has 746 valence electrons. The quantitative estimate of drug-likeness (QED) is 0.0141. The summed E-state index contributed by atoms with van der Waals surface area (Å²) in [5, 5.41) is 37.9. The zero-order valence-corrected chi connectivity index (χ0v) is 90.5. The number of carbonyl (C=O) groups excluding carboxylic acids is 7. The Morgan fingerprint density at radius 1 is 0.441 bits per heavy atom. The number of esters is 4. The van der Waals surface area contributed by atoms with Crippen LogP contribution in [0.4, 0.5) is 27.0 Å². The minimum atomic E-state index is -1.07. The Balaban J connectivity index is 0.000000146. The molecule has 4 aromatic carbocycles. The number of nitrogen functional groups attached to an aromatic ring is 2. The van der Waals surface area contributed by atoms with Crippen molar-refractivity contribution in [3.8, 4) is 0 Å². The van der Waals surface area contributed by atoms with Gasteiger partial charge < -0.3 is 114 Å². The fraction of sp³-hybridized carbons (Fsp3) is 0.427. The van der Waals surface area contributed by atoms with Crippen LogP contribution in [0.3, 0.4) is 0 Å². The van der Waals surface area contributed by atoms with E-state index in [-0.39, 0.29) is 213 Å². The first-order valence-electron chi connectivity index (χ1n) is 44.9. The molecule has 0 radical (unpaired) electrons. The maximum atomic E-state index is 12.7. The third-order valence-corrected chi connectivity index (χ3v) is 27.6. The van der Waals surface area contributed by atoms with Crippen molar-refractivity contribution >= 4 is 175 Å². The minimum absolute atomic E-state index is 0. The maximum Gasteiger partial charge on any atom is 1.00 e. The number of fused-ring (bicyclic) bond motifs is 11. The van der Waals surface area contributed by atoms with Crippen molar-refractivity contribution in [2.45, 2.75) is 235 Å². The van der Waals surface area contributed by atoms with Gasteiger partial charge in [-0.25, -0.2) is 68.6 Å². The van der Waals surface area contributed by atoms with Crippen molar-refractivity contribution in [3.05, 3.63) is 217 Å². The Morgan fingerprint density at radius 3 is 1.07 bits per heavy atom. The topological polar surface area (TPSA) is 516 Å². The van der Waals surface area contributed by atoms with Crippen LogP contribution in [-0.4, -0.2) is 188 Å². The molecule has 3 saturated heterocycles. The molecule has 15 heterocycles. The van der Waals surface area contributed by atoms with Crippen molar-refractivity contribution < 1.29 is 215 Å². The van der Waals surface area contributed by atoms with E-state index >= 15 is 0 Å². The average Bonchev–Trinajstić information content (AvgIpc) is 1.57. The summed E-state index contributed by atoms with van der Waals surface area (Å²) in [6, 6.07) is 27.6. The van der Waals surface area contributed by atoms with Gasteiger partial charge in [0.1, 0.15) is 131 Å². The molecular formula is C96H100Cl6K2N16O23. The molecule has 20 atom stereocenters. The fourth-order valence-electron chi connectivity index (χ4n) is 21.1. The molecule has 2 amide bonds. The van der Waals surface area contributed by atoms with Gasteiger partial charge in [0, 0.05) is 90.8 Å². The van der Waals surface area contributed by atoms with E-state index in [1.54, 1.807) is 113 Å². The molecule has 0 bridgehead atoms. The number of nitrogens with one attached hydrogen (secondary N) is 1. The number of primary amides is 1. The predicted octanol–water partition coefficient (Wildman–Crippen LogP) is 9.53. The number of anilines is 3. The number of halogens is 6. The number of rotatable bonds is 10. The van der Waals surface area contributed by atoms with Crippen LogP contribution in [0, 0.1) is 23.7 Å². The minimum Gasteiger partial charge on any atom is -1.00 e. The monoisotopic (exact) mass is 2130 g/mol. The Bertz CT molecular complexity index is 6720. The molecule has 47 heteroatoms. The first-order chi connectivity index (χ1) is 66.3. The summed E-state index contributed by atoms with van der Waals surface area (Å²) in [5.41, 5.74) is 23.4. The molecule has 7 aliphatic heterocycles. The van der Waals surface area contributed by atoms with Gasteiger partial charge in [0.25, 0.3) is 6.47 Å². The third kappa shape index (κ3) is 21.9. The summed E-state index contributed by atoms with van der Waals surface area (Å²) in [6.45, 7) is 21.9. The van der Waals surface area contributed by atoms with E-state index in [0.717, 1.165) is 38.8 Å². The summed E-state index contributed by atoms with van der Waals surface area (Å²) >= 11 is 30.6. The zero-order valence-electron chi connectivity index (χ0n) is 80.7. The predicted molar refractivity (Wildman–Crippen MR) is 510 cm³/mol. The number of benzene rings is 4. The number of aliphatic hydroxyl groups excluding tert-OH is 2. The van der Waals surface area contributed by atoms with Crippen LogP contribution in [0.5, 0.6) is 0 Å². The van der Waals surface area contributed by atoms with Gasteiger partial charge in [0.2, 0.25) is 0 Å². The van der Waals surface area contributed by atoms with E-state index in [1.165, 1.54) is 25.3 Å². The molecular weight excluding hydrogens is 2040 g/mol. The smallest absolute Gasteiger partial charge is 1.00 e. The number of ether oxygens (including phenoxy) is 12. The molecule has 0 spiro atoms. The van der Waals surface area contributed by atoms with Crippen LogP contribution in [0.15, 0.2) is 147 Å². The van der Waals surface area contributed by atoms with E-state index < -0.39 is 95.3 Å². The summed E-state index contributed by atoms with van der Waals surface area (Å²) < 4.78 is 79.1. The molecule has 11 aliphatic rings. The number of hydrogen-bond donors (Lipinski definition) is 6. The normalized spacial score (nSPS) is 27.3. The first-order valence-corrected chi connectivity index (χ1v) is 46.8. The van der Waals surface area contributed by atoms with Crippen LogP contribution >= 0.6 is 70.4 Å². The number of hydrogen-bond acceptors (Lipinski definition) is 33. The summed E-state index contributed by atoms with van der Waals surface area (Å²) in [6.07, 6.45) is 8.75. The molecule has 8 aromatic heterocycles. The van der Waals surface area contributed by atoms with Crippen molar-refractivity contribution in [1.82, 2.24) is 58.1 Å². The van der Waals surface area contributed by atoms with Crippen molar-refractivity contribution in [1.29, 1.82) is 0 Å². The van der Waals surface area contributed by atoms with Crippen molar-refractivity contribution in [3.63, 3.8) is 0 Å². The van der Waals surface area contributed by atoms with Gasteiger partial charge in [-0.2, -0.15) is 0 Å². The van der Waals surface area contributed by atoms with Crippen LogP contribution in [-0.2, 0) is 66.5 Å². The number of nitrogens with two attached hydrogens (primary N) is 3. The second-order valence-corrected chi connectivity index (χ2v) is 41.0. The largest absolute Gasteiger partial charge is 1.00 e. The molecule has 9 N–H and O–H groups in total. The van der Waals surface area contributed by atoms with Gasteiger partial charge in [-0.15, -0.1) is 12.4 Å². The number of nitrogens with zero attached hydrogens (tertiary/aromatic N) is 12. The SMILES string of the molecule is CC(C)(C)OC(=O)Nc1ncnc2c1ccn2[C@@H]1C[C@H]([C@H]2OC(=O)c3cc(Cl)ccc32)[C@H]2OC(C)(C)O[C@H]21.CC(C)(C)OC(N)=O.CC1(C)O[C@@H]2[C@@H]([C@H]3OC(=O)c4cc(Cl)ccc43)C[C@@H](n3ccc4c(Cl)ncnc43)[C@@H]2O1.CC1(C)O[C@@H]2[C@@H]([C@H]3OC(=O)c4cc(Cl)ccc43)C[C@@H](n3ccc4c(N)ncnc43)[C@@H]2O1.Cl.Nc1ncnc2c1ccn2[C@@H]1C[C@H]([C@H]2OC(=O)c3cc(Cl)ccc32)[C@@H](O)[C@H]1O.O=CO[O-].[H-].[K+].[K+]. The van der Waals surface area contributed by atoms with Gasteiger partial charge in [0.15, 0.2) is 17.4 Å². The van der Waals surface area contributed by atoms with Gasteiger partial charge in [0.05, 0.1) is 92.4 Å². The van der Waals surface area contributed by atoms with Gasteiger partial charge >= 0.3 is 139 Å². The van der Waals surface area contributed by atoms with E-state index in [2.05, 4.69) is 63.9 Å². The molecule has 4 saturated carbocycles. The van der Waals surface area contributed by atoms with Crippen LogP contribution in [0.1, 0.15) is 222 Å². The molecule has 7 fully saturated rings. The Kier molecular flexibility index (Phi) is 32.4. The standard InChI is InChI=1S/C27H29ClN4O6.C22H19Cl2N3O4.C22H21ClN4O4.C19H17ClN4O4.C5H11NO2.CH2O3.ClH.2K.H/c1-26(2,3)38-25(34)31-22-15-8-9-32(23(15)30-12-29-22)18-11-17(20-21(18)37-27(4,5)36-20)19-14-7-6-13(28)10-16(14)24(33)35-19;2*1-22(2)30-17-14(16-11-4-3-10(23)7-13(11)21(28)29-16)8-15(18(17)31-22)27-6-5-12-19(24)25-9-26-20(12)27;20-8-1-2-9-11(5-8)19(27)28-16(9)12-6-13(15(26)14(12)25)24-4-3-10-17(21)22-7-23-18(10)24;1-5(2,3)8-4(6)7;2-1-4-3;;;;/h6-10,12,17-21H,11H2,1-5H3,(H,29,30,31,34);3-7,9,14-18H,8H2,1-2H3;3-7,9,14-18H,8H2,1-2H3,(H2,24,25,26);1-5,7,12-16,25-26H,6H2,(H2,21,22,23);1-3H3,(H2,6,7);1,3H;1H;;;/q;;;;;;;2*+1;-1/p-1/t17-,18-,19+,20-,21+;2*14-,15-,16+,17-,18+;12-,13+,14+,15-,16-;;;;;;/m1110....../s1. The van der Waals surface area contributed by atoms with Gasteiger partial charge in [-0.1, -0.05) is 82.3 Å². The maximum absolute atomic E-state index is 12.7. The Morgan fingerprint density at radius 2 is 0.734 bits per heavy atom. The van der Waals surface area contributed by atoms with Gasteiger partial charge in [-0.05, 0) is 182 Å². The summed E-state index contributed by atoms with van der Waals surface area (Å²) in [4.78, 5) is 118. The number of aromatic nitrogens is 12. The van der Waals surface area contributed by atoms with E-state index in [0.29, 0.717) is 118 Å². The van der Waals surface area contributed by atoms with E-state index in [1.807, 2.05) is 101 Å². The zero-order chi connectivity index (χ0) is 99.7. The van der Waals surface area contributed by atoms with E-state index in [9.17, 15) is 39.0 Å². The number of carbonyl (C=O) groups is 7. The molecule has 4 aliphatic carbocycles. The molecule has 12 aromatic rings. The van der Waals surface area contributed by atoms with Crippen LogP contribution in [0.25, 0.3) is 44.1 Å². The van der Waals surface area contributed by atoms with Crippen molar-refractivity contribution in [2.75, 3.05) is 16.8 Å². The Hall–Kier alpha value is -8.50. The molecule has 39 nitrogen and oxygen atoms in total. The van der Waals surface area contributed by atoms with Crippen molar-refractivity contribution in [2.24, 2.45) is 29.4 Å². The second-order valence-electron chi connectivity index (χ2n) is 38.9. The van der Waals surface area contributed by atoms with Gasteiger partial charge in [-0.3, -0.25) is 10.1 Å². The fourth-order valence-corrected chi connectivity index (χ4v) is 22.0. The molecule has 23 rings (SSSR count). The number of aliphatic hydroxyl groups is 2. The second kappa shape index (κ2) is 42.6. The third-order valence-electron chi connectivity index (χ3n) is 26.3. The summed E-state index contributed by atoms with van der Waals surface area (Å²) in [7, 11) is 0. The van der Waals surface area contributed by atoms with E-state index in [4.69, 9.17) is 137 Å². The first kappa shape index (κ1) is 109.